The number of aliphatic hydroxyl groups excluding tert-OH is 2. The van der Waals surface area contributed by atoms with Gasteiger partial charge in [0.1, 0.15) is 5.78 Å². The standard InChI is InChI=1S/C23H36N2O4/c1-22-7-5-13(25-29-14-10-24-11-14)9-18(22)15(12-26)21(28)20-16-3-4-19(27)23(16,2)8-6-17(20)22/h14-18,20-21,24,26,28H,3-12H2,1-2H3/b25-13-/t15-,16+,17+,18?,20+,21-,22-,23+/m1/s1. The van der Waals surface area contributed by atoms with Crippen LogP contribution in [0.2, 0.25) is 0 Å². The zero-order chi connectivity index (χ0) is 20.4. The van der Waals surface area contributed by atoms with Crippen LogP contribution in [-0.4, -0.2) is 53.6 Å². The van der Waals surface area contributed by atoms with Crippen LogP contribution in [0.4, 0.5) is 0 Å². The molecule has 162 valence electrons. The summed E-state index contributed by atoms with van der Waals surface area (Å²) in [5.41, 5.74) is 0.902. The maximum absolute atomic E-state index is 12.7. The molecule has 1 heterocycles. The summed E-state index contributed by atoms with van der Waals surface area (Å²) in [7, 11) is 0. The summed E-state index contributed by atoms with van der Waals surface area (Å²) in [6.45, 7) is 6.24. The quantitative estimate of drug-likeness (QED) is 0.627. The molecule has 29 heavy (non-hydrogen) atoms. The Balaban J connectivity index is 1.43. The highest BCUT2D eigenvalue weighted by Crippen LogP contribution is 2.66. The van der Waals surface area contributed by atoms with Crippen LogP contribution in [0, 0.1) is 40.4 Å². The first-order valence-corrected chi connectivity index (χ1v) is 11.6. The normalized spacial score (nSPS) is 51.2. The second-order valence-electron chi connectivity index (χ2n) is 10.9. The second kappa shape index (κ2) is 7.03. The smallest absolute Gasteiger partial charge is 0.152 e. The number of nitrogens with zero attached hydrogens (tertiary/aromatic N) is 1. The van der Waals surface area contributed by atoms with E-state index in [0.717, 1.165) is 57.3 Å². The molecule has 0 radical (unpaired) electrons. The summed E-state index contributed by atoms with van der Waals surface area (Å²) in [6.07, 6.45) is 5.96. The van der Waals surface area contributed by atoms with Crippen molar-refractivity contribution >= 4 is 11.5 Å². The van der Waals surface area contributed by atoms with Crippen molar-refractivity contribution in [2.24, 2.45) is 45.6 Å². The van der Waals surface area contributed by atoms with Gasteiger partial charge in [0, 0.05) is 37.5 Å². The lowest BCUT2D eigenvalue weighted by Crippen LogP contribution is -2.62. The molecule has 4 saturated carbocycles. The van der Waals surface area contributed by atoms with Gasteiger partial charge in [-0.25, -0.2) is 0 Å². The average Bonchev–Trinajstić information content (AvgIpc) is 2.97. The van der Waals surface area contributed by atoms with Crippen molar-refractivity contribution in [2.45, 2.75) is 71.0 Å². The zero-order valence-corrected chi connectivity index (χ0v) is 17.8. The Labute approximate surface area is 173 Å². The number of nitrogens with one attached hydrogen (secondary N) is 1. The number of aliphatic hydroxyl groups is 2. The third-order valence-corrected chi connectivity index (χ3v) is 9.78. The minimum atomic E-state index is -0.533. The predicted octanol–water partition coefficient (Wildman–Crippen LogP) is 2.13. The summed E-state index contributed by atoms with van der Waals surface area (Å²) in [4.78, 5) is 18.3. The van der Waals surface area contributed by atoms with Gasteiger partial charge in [-0.2, -0.15) is 0 Å². The summed E-state index contributed by atoms with van der Waals surface area (Å²) in [5.74, 6) is 1.29. The second-order valence-corrected chi connectivity index (χ2v) is 10.9. The van der Waals surface area contributed by atoms with Gasteiger partial charge in [0.25, 0.3) is 0 Å². The molecule has 6 heteroatoms. The summed E-state index contributed by atoms with van der Waals surface area (Å²) in [6, 6.07) is 0. The molecule has 0 aromatic heterocycles. The lowest BCUT2D eigenvalue weighted by molar-refractivity contribution is -0.189. The fourth-order valence-electron chi connectivity index (χ4n) is 7.83. The Bertz CT molecular complexity index is 707. The predicted molar refractivity (Wildman–Crippen MR) is 109 cm³/mol. The highest BCUT2D eigenvalue weighted by Gasteiger charge is 2.64. The van der Waals surface area contributed by atoms with E-state index < -0.39 is 6.10 Å². The molecule has 1 aliphatic heterocycles. The SMILES string of the molecule is C[C@]12CC/C(=N/OC3CNC3)CC1[C@@H](CO)[C@@H](O)[C@@H]1[C@@H]2CC[C@]2(C)C(=O)CC[C@@H]12. The lowest BCUT2D eigenvalue weighted by Gasteiger charge is -2.63. The van der Waals surface area contributed by atoms with Crippen molar-refractivity contribution in [2.75, 3.05) is 19.7 Å². The van der Waals surface area contributed by atoms with E-state index in [1.165, 1.54) is 0 Å². The zero-order valence-electron chi connectivity index (χ0n) is 17.8. The van der Waals surface area contributed by atoms with E-state index in [1.54, 1.807) is 0 Å². The van der Waals surface area contributed by atoms with Crippen molar-refractivity contribution < 1.29 is 19.8 Å². The van der Waals surface area contributed by atoms with Gasteiger partial charge < -0.3 is 20.4 Å². The fourth-order valence-corrected chi connectivity index (χ4v) is 7.83. The van der Waals surface area contributed by atoms with Crippen LogP contribution in [-0.2, 0) is 9.63 Å². The van der Waals surface area contributed by atoms with Gasteiger partial charge in [-0.1, -0.05) is 19.0 Å². The van der Waals surface area contributed by atoms with Crippen LogP contribution in [0.1, 0.15) is 58.8 Å². The summed E-state index contributed by atoms with van der Waals surface area (Å²) in [5, 5.41) is 29.4. The van der Waals surface area contributed by atoms with Gasteiger partial charge in [-0.05, 0) is 67.6 Å². The minimum absolute atomic E-state index is 0.00268. The molecule has 4 aliphatic carbocycles. The van der Waals surface area contributed by atoms with Crippen LogP contribution < -0.4 is 5.32 Å². The molecule has 0 bridgehead atoms. The van der Waals surface area contributed by atoms with E-state index >= 15 is 0 Å². The first kappa shape index (κ1) is 20.0. The van der Waals surface area contributed by atoms with Crippen LogP contribution in [0.5, 0.6) is 0 Å². The van der Waals surface area contributed by atoms with Gasteiger partial charge in [0.2, 0.25) is 0 Å². The largest absolute Gasteiger partial charge is 0.396 e. The third kappa shape index (κ3) is 2.85. The number of Topliss-reactive ketones (excluding diaryl/α,β-unsaturated/α-hetero) is 1. The van der Waals surface area contributed by atoms with Crippen molar-refractivity contribution in [3.63, 3.8) is 0 Å². The van der Waals surface area contributed by atoms with E-state index in [-0.39, 0.29) is 47.2 Å². The van der Waals surface area contributed by atoms with Gasteiger partial charge in [-0.15, -0.1) is 0 Å². The molecule has 5 rings (SSSR count). The van der Waals surface area contributed by atoms with Crippen LogP contribution in [0.25, 0.3) is 0 Å². The fraction of sp³-hybridized carbons (Fsp3) is 0.913. The van der Waals surface area contributed by atoms with Crippen molar-refractivity contribution in [3.05, 3.63) is 0 Å². The van der Waals surface area contributed by atoms with Gasteiger partial charge in [-0.3, -0.25) is 4.79 Å². The number of hydrogen-bond acceptors (Lipinski definition) is 6. The summed E-state index contributed by atoms with van der Waals surface area (Å²) >= 11 is 0. The maximum Gasteiger partial charge on any atom is 0.152 e. The first-order valence-electron chi connectivity index (χ1n) is 11.6. The van der Waals surface area contributed by atoms with Crippen LogP contribution in [0.3, 0.4) is 0 Å². The number of fused-ring (bicyclic) bond motifs is 5. The molecule has 8 atom stereocenters. The molecule has 0 amide bonds. The van der Waals surface area contributed by atoms with E-state index in [9.17, 15) is 15.0 Å². The van der Waals surface area contributed by atoms with Crippen molar-refractivity contribution in [1.82, 2.24) is 5.32 Å². The van der Waals surface area contributed by atoms with E-state index in [2.05, 4.69) is 24.3 Å². The minimum Gasteiger partial charge on any atom is -0.396 e. The molecule has 3 N–H and O–H groups in total. The Morgan fingerprint density at radius 1 is 1.14 bits per heavy atom. The molecule has 5 fully saturated rings. The third-order valence-electron chi connectivity index (χ3n) is 9.78. The Morgan fingerprint density at radius 3 is 2.62 bits per heavy atom. The molecule has 1 saturated heterocycles. The molecule has 6 nitrogen and oxygen atoms in total. The van der Waals surface area contributed by atoms with E-state index in [4.69, 9.17) is 4.84 Å². The Hall–Kier alpha value is -0.980. The highest BCUT2D eigenvalue weighted by molar-refractivity contribution is 5.87. The van der Waals surface area contributed by atoms with Gasteiger partial charge in [0.05, 0.1) is 11.8 Å². The van der Waals surface area contributed by atoms with Gasteiger partial charge >= 0.3 is 0 Å². The maximum atomic E-state index is 12.7. The van der Waals surface area contributed by atoms with Crippen molar-refractivity contribution in [3.8, 4) is 0 Å². The molecule has 0 spiro atoms. The van der Waals surface area contributed by atoms with Crippen molar-refractivity contribution in [1.29, 1.82) is 0 Å². The lowest BCUT2D eigenvalue weighted by atomic mass is 9.42. The monoisotopic (exact) mass is 404 g/mol. The van der Waals surface area contributed by atoms with E-state index in [0.29, 0.717) is 18.1 Å². The molecule has 1 unspecified atom stereocenters. The number of carbonyl (C=O) groups is 1. The molecular formula is C23H36N2O4. The molecule has 0 aromatic carbocycles. The topological polar surface area (TPSA) is 91.2 Å². The Kier molecular flexibility index (Phi) is 4.84. The average molecular weight is 405 g/mol. The number of oxime groups is 1. The number of ketones is 1. The molecule has 0 aromatic rings. The molecule has 5 aliphatic rings. The van der Waals surface area contributed by atoms with Gasteiger partial charge in [0.15, 0.2) is 6.10 Å². The summed E-state index contributed by atoms with van der Waals surface area (Å²) < 4.78 is 0. The number of rotatable bonds is 3. The van der Waals surface area contributed by atoms with E-state index in [1.807, 2.05) is 0 Å². The van der Waals surface area contributed by atoms with Crippen LogP contribution >= 0.6 is 0 Å². The highest BCUT2D eigenvalue weighted by atomic mass is 16.6. The number of carbonyl (C=O) groups excluding carboxylic acids is 1. The molecular weight excluding hydrogens is 368 g/mol. The first-order chi connectivity index (χ1) is 13.9. The van der Waals surface area contributed by atoms with Crippen LogP contribution in [0.15, 0.2) is 5.16 Å². The Morgan fingerprint density at radius 2 is 1.93 bits per heavy atom. The number of hydrogen-bond donors (Lipinski definition) is 3.